The van der Waals surface area contributed by atoms with Gasteiger partial charge >= 0.3 is 6.36 Å². The summed E-state index contributed by atoms with van der Waals surface area (Å²) in [4.78, 5) is 16.4. The highest BCUT2D eigenvalue weighted by molar-refractivity contribution is 7.22. The third-order valence-electron chi connectivity index (χ3n) is 3.80. The van der Waals surface area contributed by atoms with Gasteiger partial charge in [-0.15, -0.1) is 13.2 Å². The number of ether oxygens (including phenoxy) is 1. The second kappa shape index (κ2) is 6.35. The summed E-state index contributed by atoms with van der Waals surface area (Å²) in [5.74, 6) is -0.353. The molecule has 0 bridgehead atoms. The number of carbonyl (C=O) groups is 1. The van der Waals surface area contributed by atoms with Crippen molar-refractivity contribution in [3.8, 4) is 5.75 Å². The van der Waals surface area contributed by atoms with Crippen LogP contribution in [0.2, 0.25) is 0 Å². The molecule has 1 aromatic heterocycles. The quantitative estimate of drug-likeness (QED) is 0.877. The van der Waals surface area contributed by atoms with Gasteiger partial charge in [0.1, 0.15) is 5.75 Å². The molecule has 1 aliphatic carbocycles. The molecule has 4 nitrogen and oxygen atoms in total. The first-order valence-corrected chi connectivity index (χ1v) is 8.19. The number of thiazole rings is 1. The number of benzene rings is 1. The van der Waals surface area contributed by atoms with Gasteiger partial charge in [-0.1, -0.05) is 30.6 Å². The molecular formula is C15H15F3N2O2S. The molecule has 2 aromatic rings. The Morgan fingerprint density at radius 1 is 1.26 bits per heavy atom. The van der Waals surface area contributed by atoms with Crippen LogP contribution in [0.25, 0.3) is 10.2 Å². The summed E-state index contributed by atoms with van der Waals surface area (Å²) in [6, 6.07) is 3.93. The molecule has 0 aliphatic heterocycles. The Kier molecular flexibility index (Phi) is 4.43. The lowest BCUT2D eigenvalue weighted by molar-refractivity contribution is -0.274. The molecule has 3 rings (SSSR count). The second-order valence-corrected chi connectivity index (χ2v) is 6.55. The van der Waals surface area contributed by atoms with Crippen molar-refractivity contribution in [3.05, 3.63) is 18.2 Å². The smallest absolute Gasteiger partial charge is 0.406 e. The van der Waals surface area contributed by atoms with Gasteiger partial charge < -0.3 is 10.1 Å². The van der Waals surface area contributed by atoms with Gasteiger partial charge in [-0.25, -0.2) is 4.98 Å². The summed E-state index contributed by atoms with van der Waals surface area (Å²) in [6.07, 6.45) is 0.288. The number of halogens is 3. The molecule has 0 spiro atoms. The van der Waals surface area contributed by atoms with E-state index in [2.05, 4.69) is 15.0 Å². The van der Waals surface area contributed by atoms with Crippen LogP contribution in [0.3, 0.4) is 0 Å². The minimum absolute atomic E-state index is 0.000106. The number of alkyl halides is 3. The van der Waals surface area contributed by atoms with Crippen molar-refractivity contribution < 1.29 is 22.7 Å². The maximum Gasteiger partial charge on any atom is 0.573 e. The number of carbonyl (C=O) groups excluding carboxylic acids is 1. The molecule has 124 valence electrons. The van der Waals surface area contributed by atoms with Crippen LogP contribution >= 0.6 is 11.3 Å². The van der Waals surface area contributed by atoms with E-state index in [0.717, 1.165) is 43.4 Å². The predicted molar refractivity (Wildman–Crippen MR) is 81.5 cm³/mol. The van der Waals surface area contributed by atoms with Crippen LogP contribution in [0.4, 0.5) is 18.3 Å². The number of rotatable bonds is 3. The lowest BCUT2D eigenvalue weighted by atomic mass is 9.89. The number of aromatic nitrogens is 1. The molecule has 1 aromatic carbocycles. The van der Waals surface area contributed by atoms with E-state index >= 15 is 0 Å². The van der Waals surface area contributed by atoms with Gasteiger partial charge in [0, 0.05) is 12.0 Å². The Hall–Kier alpha value is -1.83. The van der Waals surface area contributed by atoms with Crippen LogP contribution in [0.5, 0.6) is 5.75 Å². The summed E-state index contributed by atoms with van der Waals surface area (Å²) in [6.45, 7) is 0. The van der Waals surface area contributed by atoms with Gasteiger partial charge in [0.05, 0.1) is 10.2 Å². The zero-order valence-corrected chi connectivity index (χ0v) is 13.0. The number of hydrogen-bond acceptors (Lipinski definition) is 4. The molecule has 0 unspecified atom stereocenters. The standard InChI is InChI=1S/C15H15F3N2O2S/c16-15(17,18)22-10-6-7-11-12(8-10)23-14(19-11)20-13(21)9-4-2-1-3-5-9/h6-9H,1-5H2,(H,19,20,21). The normalized spacial score (nSPS) is 16.5. The van der Waals surface area contributed by atoms with E-state index in [0.29, 0.717) is 15.3 Å². The number of fused-ring (bicyclic) bond motifs is 1. The number of hydrogen-bond donors (Lipinski definition) is 1. The van der Waals surface area contributed by atoms with Gasteiger partial charge in [0.25, 0.3) is 0 Å². The Morgan fingerprint density at radius 2 is 2.00 bits per heavy atom. The first kappa shape index (κ1) is 16.0. The van der Waals surface area contributed by atoms with Crippen LogP contribution < -0.4 is 10.1 Å². The summed E-state index contributed by atoms with van der Waals surface area (Å²) in [5.41, 5.74) is 0.531. The first-order valence-electron chi connectivity index (χ1n) is 7.38. The largest absolute Gasteiger partial charge is 0.573 e. The molecule has 23 heavy (non-hydrogen) atoms. The van der Waals surface area contributed by atoms with Crippen molar-refractivity contribution in [2.24, 2.45) is 5.92 Å². The molecule has 1 saturated carbocycles. The number of anilines is 1. The topological polar surface area (TPSA) is 51.2 Å². The highest BCUT2D eigenvalue weighted by atomic mass is 32.1. The fourth-order valence-corrected chi connectivity index (χ4v) is 3.63. The van der Waals surface area contributed by atoms with Gasteiger partial charge in [0.15, 0.2) is 5.13 Å². The minimum atomic E-state index is -4.73. The van der Waals surface area contributed by atoms with Crippen molar-refractivity contribution in [1.29, 1.82) is 0 Å². The van der Waals surface area contributed by atoms with Crippen LogP contribution in [0.1, 0.15) is 32.1 Å². The molecule has 0 saturated heterocycles. The fourth-order valence-electron chi connectivity index (χ4n) is 2.73. The Bertz CT molecular complexity index is 708. The molecule has 0 atom stereocenters. The van der Waals surface area contributed by atoms with Gasteiger partial charge in [-0.3, -0.25) is 4.79 Å². The average molecular weight is 344 g/mol. The highest BCUT2D eigenvalue weighted by Crippen LogP contribution is 2.32. The molecular weight excluding hydrogens is 329 g/mol. The molecule has 0 radical (unpaired) electrons. The van der Waals surface area contributed by atoms with Gasteiger partial charge in [-0.05, 0) is 25.0 Å². The van der Waals surface area contributed by atoms with Crippen LogP contribution in [0, 0.1) is 5.92 Å². The lowest BCUT2D eigenvalue weighted by Gasteiger charge is -2.19. The van der Waals surface area contributed by atoms with Crippen molar-refractivity contribution >= 4 is 32.6 Å². The molecule has 8 heteroatoms. The fraction of sp³-hybridized carbons (Fsp3) is 0.467. The van der Waals surface area contributed by atoms with E-state index in [1.54, 1.807) is 0 Å². The van der Waals surface area contributed by atoms with E-state index in [1.807, 2.05) is 0 Å². The van der Waals surface area contributed by atoms with Crippen molar-refractivity contribution in [1.82, 2.24) is 4.98 Å². The SMILES string of the molecule is O=C(Nc1nc2ccc(OC(F)(F)F)cc2s1)C1CCCCC1. The van der Waals surface area contributed by atoms with Crippen LogP contribution in [-0.2, 0) is 4.79 Å². The zero-order valence-electron chi connectivity index (χ0n) is 12.2. The van der Waals surface area contributed by atoms with Crippen LogP contribution in [0.15, 0.2) is 18.2 Å². The van der Waals surface area contributed by atoms with Crippen molar-refractivity contribution in [2.45, 2.75) is 38.5 Å². The third kappa shape index (κ3) is 4.13. The molecule has 1 amide bonds. The van der Waals surface area contributed by atoms with E-state index in [1.165, 1.54) is 18.2 Å². The Balaban J connectivity index is 1.73. The molecule has 1 fully saturated rings. The molecule has 1 N–H and O–H groups in total. The van der Waals surface area contributed by atoms with E-state index in [4.69, 9.17) is 0 Å². The maximum absolute atomic E-state index is 12.2. The summed E-state index contributed by atoms with van der Waals surface area (Å²) < 4.78 is 41.1. The zero-order chi connectivity index (χ0) is 16.4. The number of nitrogens with one attached hydrogen (secondary N) is 1. The summed E-state index contributed by atoms with van der Waals surface area (Å²) in [5, 5.41) is 3.18. The second-order valence-electron chi connectivity index (χ2n) is 5.52. The van der Waals surface area contributed by atoms with Gasteiger partial charge in [-0.2, -0.15) is 0 Å². The van der Waals surface area contributed by atoms with E-state index in [-0.39, 0.29) is 17.6 Å². The predicted octanol–water partition coefficient (Wildman–Crippen LogP) is 4.71. The van der Waals surface area contributed by atoms with Gasteiger partial charge in [0.2, 0.25) is 5.91 Å². The average Bonchev–Trinajstić information content (AvgIpc) is 2.88. The number of nitrogens with zero attached hydrogens (tertiary/aromatic N) is 1. The van der Waals surface area contributed by atoms with Crippen LogP contribution in [-0.4, -0.2) is 17.3 Å². The lowest BCUT2D eigenvalue weighted by Crippen LogP contribution is -2.24. The van der Waals surface area contributed by atoms with Crippen molar-refractivity contribution in [3.63, 3.8) is 0 Å². The molecule has 1 heterocycles. The Morgan fingerprint density at radius 3 is 2.70 bits per heavy atom. The monoisotopic (exact) mass is 344 g/mol. The van der Waals surface area contributed by atoms with Crippen molar-refractivity contribution in [2.75, 3.05) is 5.32 Å². The maximum atomic E-state index is 12.2. The number of amides is 1. The van der Waals surface area contributed by atoms with E-state index in [9.17, 15) is 18.0 Å². The third-order valence-corrected chi connectivity index (χ3v) is 4.73. The first-order chi connectivity index (χ1) is 10.9. The minimum Gasteiger partial charge on any atom is -0.406 e. The summed E-state index contributed by atoms with van der Waals surface area (Å²) in [7, 11) is 0. The highest BCUT2D eigenvalue weighted by Gasteiger charge is 2.31. The Labute approximate surface area is 134 Å². The van der Waals surface area contributed by atoms with E-state index < -0.39 is 6.36 Å². The molecule has 1 aliphatic rings. The summed E-state index contributed by atoms with van der Waals surface area (Å²) >= 11 is 1.14.